The van der Waals surface area contributed by atoms with Gasteiger partial charge in [-0.05, 0) is 19.1 Å². The maximum absolute atomic E-state index is 14.2. The van der Waals surface area contributed by atoms with Crippen molar-refractivity contribution in [2.24, 2.45) is 0 Å². The number of para-hydroxylation sites is 1. The van der Waals surface area contributed by atoms with Gasteiger partial charge in [0.1, 0.15) is 5.82 Å². The molecule has 158 valence electrons. The van der Waals surface area contributed by atoms with Crippen LogP contribution in [0.5, 0.6) is 0 Å². The van der Waals surface area contributed by atoms with Crippen LogP contribution in [0.3, 0.4) is 0 Å². The number of hydrogen-bond acceptors (Lipinski definition) is 7. The van der Waals surface area contributed by atoms with Crippen molar-refractivity contribution < 1.29 is 9.18 Å². The van der Waals surface area contributed by atoms with E-state index in [2.05, 4.69) is 15.2 Å². The molecule has 0 saturated carbocycles. The lowest BCUT2D eigenvalue weighted by Crippen LogP contribution is -2.23. The molecule has 0 bridgehead atoms. The number of thioether (sulfide) groups is 1. The summed E-state index contributed by atoms with van der Waals surface area (Å²) in [5.41, 5.74) is 2.93. The molecule has 0 aliphatic rings. The standard InChI is InChI=1S/C21H19FN6OS2/c1-13-7-9-15(10-8-13)19-25-26-21(28(19)23)31-12-16-11-30-20(24-16)27(14(2)29)18-6-4-3-5-17(18)22/h3-11H,12,23H2,1-2H3. The summed E-state index contributed by atoms with van der Waals surface area (Å²) in [5, 5.41) is 11.1. The molecular formula is C21H19FN6OS2. The molecule has 0 radical (unpaired) electrons. The van der Waals surface area contributed by atoms with Crippen molar-refractivity contribution in [3.8, 4) is 11.4 Å². The van der Waals surface area contributed by atoms with Gasteiger partial charge >= 0.3 is 0 Å². The van der Waals surface area contributed by atoms with E-state index >= 15 is 0 Å². The van der Waals surface area contributed by atoms with E-state index < -0.39 is 5.82 Å². The summed E-state index contributed by atoms with van der Waals surface area (Å²) in [6, 6.07) is 14.0. The molecule has 0 atom stereocenters. The highest BCUT2D eigenvalue weighted by atomic mass is 32.2. The maximum atomic E-state index is 14.2. The van der Waals surface area contributed by atoms with Gasteiger partial charge in [0.15, 0.2) is 11.0 Å². The Labute approximate surface area is 186 Å². The van der Waals surface area contributed by atoms with Gasteiger partial charge in [-0.1, -0.05) is 53.7 Å². The Balaban J connectivity index is 1.50. The molecule has 10 heteroatoms. The van der Waals surface area contributed by atoms with Gasteiger partial charge in [-0.3, -0.25) is 9.69 Å². The second kappa shape index (κ2) is 8.86. The summed E-state index contributed by atoms with van der Waals surface area (Å²) in [6.07, 6.45) is 0. The zero-order valence-corrected chi connectivity index (χ0v) is 18.5. The van der Waals surface area contributed by atoms with E-state index in [9.17, 15) is 9.18 Å². The second-order valence-corrected chi connectivity index (χ2v) is 8.54. The molecule has 31 heavy (non-hydrogen) atoms. The second-order valence-electron chi connectivity index (χ2n) is 6.76. The van der Waals surface area contributed by atoms with Crippen LogP contribution in [0.25, 0.3) is 11.4 Å². The number of carbonyl (C=O) groups is 1. The van der Waals surface area contributed by atoms with Gasteiger partial charge in [-0.2, -0.15) is 0 Å². The first-order chi connectivity index (χ1) is 14.9. The number of aryl methyl sites for hydroxylation is 1. The largest absolute Gasteiger partial charge is 0.335 e. The SMILES string of the molecule is CC(=O)N(c1nc(CSc2nnc(-c3ccc(C)cc3)n2N)cs1)c1ccccc1F. The lowest BCUT2D eigenvalue weighted by molar-refractivity contribution is -0.115. The minimum atomic E-state index is -0.483. The Morgan fingerprint density at radius 1 is 1.19 bits per heavy atom. The van der Waals surface area contributed by atoms with Gasteiger partial charge in [0.2, 0.25) is 11.1 Å². The summed E-state index contributed by atoms with van der Waals surface area (Å²) >= 11 is 2.65. The van der Waals surface area contributed by atoms with Gasteiger partial charge < -0.3 is 5.84 Å². The summed E-state index contributed by atoms with van der Waals surface area (Å²) < 4.78 is 15.7. The first-order valence-electron chi connectivity index (χ1n) is 9.34. The molecule has 0 aliphatic heterocycles. The molecule has 2 N–H and O–H groups in total. The van der Waals surface area contributed by atoms with Gasteiger partial charge in [0.25, 0.3) is 0 Å². The van der Waals surface area contributed by atoms with Crippen molar-refractivity contribution in [2.75, 3.05) is 10.7 Å². The fourth-order valence-electron chi connectivity index (χ4n) is 2.92. The Hall–Kier alpha value is -3.24. The van der Waals surface area contributed by atoms with Crippen molar-refractivity contribution in [1.29, 1.82) is 0 Å². The molecule has 2 aromatic carbocycles. The molecule has 0 saturated heterocycles. The molecule has 2 aromatic heterocycles. The number of aromatic nitrogens is 4. The van der Waals surface area contributed by atoms with E-state index in [1.807, 2.05) is 36.6 Å². The van der Waals surface area contributed by atoms with E-state index in [4.69, 9.17) is 5.84 Å². The number of carbonyl (C=O) groups excluding carboxylic acids is 1. The summed E-state index contributed by atoms with van der Waals surface area (Å²) in [4.78, 5) is 18.0. The normalized spacial score (nSPS) is 10.9. The topological polar surface area (TPSA) is 89.9 Å². The summed E-state index contributed by atoms with van der Waals surface area (Å²) in [5.74, 6) is 6.43. The van der Waals surface area contributed by atoms with Crippen LogP contribution in [0.15, 0.2) is 59.1 Å². The van der Waals surface area contributed by atoms with Crippen LogP contribution >= 0.6 is 23.1 Å². The molecule has 1 amide bonds. The number of rotatable bonds is 6. The van der Waals surface area contributed by atoms with Crippen LogP contribution in [-0.4, -0.2) is 25.8 Å². The predicted molar refractivity (Wildman–Crippen MR) is 121 cm³/mol. The van der Waals surface area contributed by atoms with Crippen LogP contribution in [-0.2, 0) is 10.5 Å². The van der Waals surface area contributed by atoms with Gasteiger partial charge in [0, 0.05) is 23.6 Å². The number of nitrogen functional groups attached to an aromatic ring is 1. The van der Waals surface area contributed by atoms with E-state index in [1.54, 1.807) is 18.2 Å². The predicted octanol–water partition coefficient (Wildman–Crippen LogP) is 4.54. The third kappa shape index (κ3) is 4.44. The van der Waals surface area contributed by atoms with Crippen molar-refractivity contribution >= 4 is 39.8 Å². The number of amides is 1. The maximum Gasteiger partial charge on any atom is 0.230 e. The smallest absolute Gasteiger partial charge is 0.230 e. The van der Waals surface area contributed by atoms with E-state index in [1.165, 1.54) is 45.7 Å². The first kappa shape index (κ1) is 21.0. The minimum Gasteiger partial charge on any atom is -0.335 e. The zero-order valence-electron chi connectivity index (χ0n) is 16.8. The van der Waals surface area contributed by atoms with Crippen LogP contribution in [0.2, 0.25) is 0 Å². The lowest BCUT2D eigenvalue weighted by Gasteiger charge is -2.18. The number of hydrogen-bond donors (Lipinski definition) is 1. The number of halogens is 1. The van der Waals surface area contributed by atoms with Crippen molar-refractivity contribution in [3.05, 3.63) is 71.0 Å². The highest BCUT2D eigenvalue weighted by Crippen LogP contribution is 2.32. The summed E-state index contributed by atoms with van der Waals surface area (Å²) in [6.45, 7) is 3.39. The highest BCUT2D eigenvalue weighted by Gasteiger charge is 2.21. The van der Waals surface area contributed by atoms with Crippen LogP contribution < -0.4 is 10.7 Å². The Kier molecular flexibility index (Phi) is 6.01. The number of nitrogens with two attached hydrogens (primary N) is 1. The van der Waals surface area contributed by atoms with Crippen LogP contribution in [0.4, 0.5) is 15.2 Å². The molecule has 7 nitrogen and oxygen atoms in total. The Morgan fingerprint density at radius 3 is 2.65 bits per heavy atom. The fraction of sp³-hybridized carbons (Fsp3) is 0.143. The summed E-state index contributed by atoms with van der Waals surface area (Å²) in [7, 11) is 0. The van der Waals surface area contributed by atoms with Crippen LogP contribution in [0.1, 0.15) is 18.2 Å². The Bertz CT molecular complexity index is 1220. The zero-order chi connectivity index (χ0) is 22.0. The van der Waals surface area contributed by atoms with Gasteiger partial charge in [-0.15, -0.1) is 21.5 Å². The Morgan fingerprint density at radius 2 is 1.94 bits per heavy atom. The average molecular weight is 455 g/mol. The number of nitrogens with zero attached hydrogens (tertiary/aromatic N) is 5. The van der Waals surface area contributed by atoms with Crippen molar-refractivity contribution in [3.63, 3.8) is 0 Å². The monoisotopic (exact) mass is 454 g/mol. The van der Waals surface area contributed by atoms with Crippen molar-refractivity contribution in [2.45, 2.75) is 24.8 Å². The first-order valence-corrected chi connectivity index (χ1v) is 11.2. The minimum absolute atomic E-state index is 0.174. The van der Waals surface area contributed by atoms with E-state index in [0.717, 1.165) is 16.8 Å². The third-order valence-electron chi connectivity index (χ3n) is 4.46. The average Bonchev–Trinajstić information content (AvgIpc) is 3.35. The molecule has 2 heterocycles. The number of thiazole rings is 1. The lowest BCUT2D eigenvalue weighted by atomic mass is 10.1. The quantitative estimate of drug-likeness (QED) is 0.340. The molecule has 4 rings (SSSR count). The molecule has 4 aromatic rings. The third-order valence-corrected chi connectivity index (χ3v) is 6.31. The van der Waals surface area contributed by atoms with E-state index in [-0.39, 0.29) is 11.6 Å². The molecule has 0 fully saturated rings. The molecule has 0 spiro atoms. The molecular weight excluding hydrogens is 435 g/mol. The molecule has 0 unspecified atom stereocenters. The number of anilines is 2. The van der Waals surface area contributed by atoms with Crippen LogP contribution in [0, 0.1) is 12.7 Å². The molecule has 0 aliphatic carbocycles. The van der Waals surface area contributed by atoms with Crippen molar-refractivity contribution in [1.82, 2.24) is 19.9 Å². The van der Waals surface area contributed by atoms with Gasteiger partial charge in [0.05, 0.1) is 11.4 Å². The fourth-order valence-corrected chi connectivity index (χ4v) is 4.65. The van der Waals surface area contributed by atoms with Gasteiger partial charge in [-0.25, -0.2) is 14.1 Å². The number of benzene rings is 2. The highest BCUT2D eigenvalue weighted by molar-refractivity contribution is 7.98. The van der Waals surface area contributed by atoms with E-state index in [0.29, 0.717) is 21.9 Å².